The van der Waals surface area contributed by atoms with Crippen LogP contribution < -0.4 is 0 Å². The van der Waals surface area contributed by atoms with Crippen molar-refractivity contribution in [1.29, 1.82) is 0 Å². The number of hydrogen-bond donors (Lipinski definition) is 0. The summed E-state index contributed by atoms with van der Waals surface area (Å²) in [4.78, 5) is 0. The van der Waals surface area contributed by atoms with E-state index < -0.39 is 36.3 Å². The van der Waals surface area contributed by atoms with Crippen LogP contribution in [0.5, 0.6) is 0 Å². The molecule has 0 saturated heterocycles. The highest BCUT2D eigenvalue weighted by Crippen LogP contribution is 2.58. The standard InChI is InChI=1S/C6HF13/c7-1(8)2(9,5(14,15)16)3(10,11)4(12,13)6(17,18)19/h1H. The lowest BCUT2D eigenvalue weighted by molar-refractivity contribution is -0.425. The molecule has 0 fully saturated rings. The Morgan fingerprint density at radius 2 is 0.789 bits per heavy atom. The first-order chi connectivity index (χ1) is 7.94. The molecule has 13 heteroatoms. The van der Waals surface area contributed by atoms with Gasteiger partial charge in [-0.1, -0.05) is 0 Å². The molecule has 0 saturated carbocycles. The van der Waals surface area contributed by atoms with Crippen LogP contribution in [0, 0.1) is 0 Å². The van der Waals surface area contributed by atoms with Crippen LogP contribution in [-0.2, 0) is 0 Å². The van der Waals surface area contributed by atoms with Gasteiger partial charge < -0.3 is 0 Å². The van der Waals surface area contributed by atoms with Gasteiger partial charge in [0.15, 0.2) is 0 Å². The maximum absolute atomic E-state index is 12.6. The molecule has 0 aromatic carbocycles. The van der Waals surface area contributed by atoms with E-state index in [9.17, 15) is 57.1 Å². The first-order valence-electron chi connectivity index (χ1n) is 3.80. The summed E-state index contributed by atoms with van der Waals surface area (Å²) in [7, 11) is 0. The monoisotopic (exact) mass is 320 g/mol. The molecule has 0 radical (unpaired) electrons. The summed E-state index contributed by atoms with van der Waals surface area (Å²) >= 11 is 0. The predicted octanol–water partition coefficient (Wildman–Crippen LogP) is 4.36. The van der Waals surface area contributed by atoms with E-state index in [0.29, 0.717) is 0 Å². The van der Waals surface area contributed by atoms with Crippen LogP contribution in [-0.4, -0.2) is 36.3 Å². The Morgan fingerprint density at radius 3 is 0.947 bits per heavy atom. The van der Waals surface area contributed by atoms with E-state index in [0.717, 1.165) is 0 Å². The molecule has 0 aromatic rings. The molecule has 0 aliphatic heterocycles. The molecular weight excluding hydrogens is 319 g/mol. The van der Waals surface area contributed by atoms with Gasteiger partial charge in [-0.2, -0.15) is 43.9 Å². The van der Waals surface area contributed by atoms with Gasteiger partial charge in [-0.25, -0.2) is 13.2 Å². The van der Waals surface area contributed by atoms with Crippen LogP contribution in [0.2, 0.25) is 0 Å². The summed E-state index contributed by atoms with van der Waals surface area (Å²) in [6.07, 6.45) is -20.6. The summed E-state index contributed by atoms with van der Waals surface area (Å²) in [5, 5.41) is 0. The molecule has 0 aromatic heterocycles. The SMILES string of the molecule is FC(F)C(F)(C(F)(F)F)C(F)(F)C(F)(F)C(F)(F)F. The molecule has 0 amide bonds. The molecule has 116 valence electrons. The second kappa shape index (κ2) is 4.30. The lowest BCUT2D eigenvalue weighted by Gasteiger charge is -2.38. The van der Waals surface area contributed by atoms with E-state index in [1.807, 2.05) is 0 Å². The second-order valence-electron chi connectivity index (χ2n) is 3.16. The smallest absolute Gasteiger partial charge is 0.220 e. The fraction of sp³-hybridized carbons (Fsp3) is 1.00. The third-order valence-corrected chi connectivity index (χ3v) is 1.92. The van der Waals surface area contributed by atoms with Gasteiger partial charge in [0.25, 0.3) is 6.43 Å². The molecule has 0 rings (SSSR count). The quantitative estimate of drug-likeness (QED) is 0.678. The first kappa shape index (κ1) is 18.1. The predicted molar refractivity (Wildman–Crippen MR) is 31.8 cm³/mol. The minimum atomic E-state index is -7.76. The molecule has 0 N–H and O–H groups in total. The van der Waals surface area contributed by atoms with Crippen molar-refractivity contribution in [3.63, 3.8) is 0 Å². The van der Waals surface area contributed by atoms with Gasteiger partial charge in [0.05, 0.1) is 0 Å². The summed E-state index contributed by atoms with van der Waals surface area (Å²) in [5.41, 5.74) is -7.36. The molecule has 0 nitrogen and oxygen atoms in total. The number of alkyl halides is 13. The summed E-state index contributed by atoms with van der Waals surface area (Å²) < 4.78 is 155. The lowest BCUT2D eigenvalue weighted by atomic mass is 9.91. The molecule has 0 spiro atoms. The average Bonchev–Trinajstić information content (AvgIpc) is 2.11. The Morgan fingerprint density at radius 1 is 0.474 bits per heavy atom. The largest absolute Gasteiger partial charge is 0.460 e. The van der Waals surface area contributed by atoms with Crippen LogP contribution in [0.15, 0.2) is 0 Å². The van der Waals surface area contributed by atoms with E-state index in [1.165, 1.54) is 0 Å². The normalized spacial score (nSPS) is 18.6. The zero-order valence-electron chi connectivity index (χ0n) is 7.99. The number of rotatable bonds is 3. The Balaban J connectivity index is 6.13. The van der Waals surface area contributed by atoms with Crippen molar-refractivity contribution in [2.45, 2.75) is 36.3 Å². The maximum atomic E-state index is 12.6. The van der Waals surface area contributed by atoms with Crippen LogP contribution in [0.25, 0.3) is 0 Å². The Labute approximate surface area is 94.7 Å². The molecule has 0 aliphatic carbocycles. The summed E-state index contributed by atoms with van der Waals surface area (Å²) in [5.74, 6) is -15.4. The zero-order chi connectivity index (χ0) is 16.1. The Bertz CT molecular complexity index is 321. The number of hydrogen-bond acceptors (Lipinski definition) is 0. The second-order valence-corrected chi connectivity index (χ2v) is 3.16. The van der Waals surface area contributed by atoms with E-state index in [1.54, 1.807) is 0 Å². The lowest BCUT2D eigenvalue weighted by Crippen LogP contribution is -2.70. The van der Waals surface area contributed by atoms with Crippen LogP contribution >= 0.6 is 0 Å². The highest BCUT2D eigenvalue weighted by atomic mass is 19.4. The molecule has 1 atom stereocenters. The van der Waals surface area contributed by atoms with Crippen molar-refractivity contribution >= 4 is 0 Å². The van der Waals surface area contributed by atoms with Crippen LogP contribution in [0.1, 0.15) is 0 Å². The van der Waals surface area contributed by atoms with Crippen molar-refractivity contribution in [1.82, 2.24) is 0 Å². The highest BCUT2D eigenvalue weighted by Gasteiger charge is 2.89. The van der Waals surface area contributed by atoms with Crippen LogP contribution in [0.4, 0.5) is 57.1 Å². The molecule has 1 unspecified atom stereocenters. The van der Waals surface area contributed by atoms with Gasteiger partial charge >= 0.3 is 29.9 Å². The fourth-order valence-corrected chi connectivity index (χ4v) is 0.845. The van der Waals surface area contributed by atoms with Gasteiger partial charge in [0, 0.05) is 0 Å². The zero-order valence-corrected chi connectivity index (χ0v) is 7.99. The van der Waals surface area contributed by atoms with Crippen molar-refractivity contribution in [2.75, 3.05) is 0 Å². The fourth-order valence-electron chi connectivity index (χ4n) is 0.845. The van der Waals surface area contributed by atoms with Gasteiger partial charge in [-0.05, 0) is 0 Å². The molecular formula is C6HF13. The van der Waals surface area contributed by atoms with E-state index in [-0.39, 0.29) is 0 Å². The minimum Gasteiger partial charge on any atom is -0.220 e. The molecule has 0 bridgehead atoms. The first-order valence-corrected chi connectivity index (χ1v) is 3.80. The van der Waals surface area contributed by atoms with E-state index >= 15 is 0 Å². The van der Waals surface area contributed by atoms with Crippen molar-refractivity contribution < 1.29 is 57.1 Å². The van der Waals surface area contributed by atoms with Gasteiger partial charge in [-0.3, -0.25) is 0 Å². The third kappa shape index (κ3) is 2.30. The van der Waals surface area contributed by atoms with Crippen LogP contribution in [0.3, 0.4) is 0 Å². The minimum absolute atomic E-state index is 5.87. The van der Waals surface area contributed by atoms with Crippen molar-refractivity contribution in [3.8, 4) is 0 Å². The van der Waals surface area contributed by atoms with Gasteiger partial charge in [0.1, 0.15) is 0 Å². The van der Waals surface area contributed by atoms with Gasteiger partial charge in [0.2, 0.25) is 0 Å². The Hall–Kier alpha value is -0.910. The highest BCUT2D eigenvalue weighted by molar-refractivity contribution is 5.10. The van der Waals surface area contributed by atoms with E-state index in [4.69, 9.17) is 0 Å². The maximum Gasteiger partial charge on any atom is 0.460 e. The summed E-state index contributed by atoms with van der Waals surface area (Å²) in [6.45, 7) is 0. The molecule has 19 heavy (non-hydrogen) atoms. The Kier molecular flexibility index (Phi) is 4.09. The number of halogens is 13. The van der Waals surface area contributed by atoms with Crippen molar-refractivity contribution in [2.24, 2.45) is 0 Å². The van der Waals surface area contributed by atoms with E-state index in [2.05, 4.69) is 0 Å². The average molecular weight is 320 g/mol. The van der Waals surface area contributed by atoms with Crippen molar-refractivity contribution in [3.05, 3.63) is 0 Å². The molecule has 0 aliphatic rings. The van der Waals surface area contributed by atoms with Gasteiger partial charge in [-0.15, -0.1) is 0 Å². The molecule has 0 heterocycles. The summed E-state index contributed by atoms with van der Waals surface area (Å²) in [6, 6.07) is 0. The topological polar surface area (TPSA) is 0 Å². The third-order valence-electron chi connectivity index (χ3n) is 1.92.